The molecule has 13 heavy (non-hydrogen) atoms. The van der Waals surface area contributed by atoms with Crippen molar-refractivity contribution in [1.82, 2.24) is 0 Å². The maximum Gasteiger partial charge on any atom is 0.304 e. The molecule has 1 aliphatic heterocycles. The Morgan fingerprint density at radius 1 is 1.54 bits per heavy atom. The predicted octanol–water partition coefficient (Wildman–Crippen LogP) is 1.54. The molecule has 2 rings (SSSR count). The van der Waals surface area contributed by atoms with Crippen LogP contribution in [0.25, 0.3) is 0 Å². The highest BCUT2D eigenvalue weighted by Gasteiger charge is 2.21. The van der Waals surface area contributed by atoms with Gasteiger partial charge in [-0.1, -0.05) is 18.2 Å². The van der Waals surface area contributed by atoms with E-state index >= 15 is 0 Å². The Bertz CT molecular complexity index is 310. The highest BCUT2D eigenvalue weighted by molar-refractivity contribution is 5.67. The lowest BCUT2D eigenvalue weighted by atomic mass is 10.2. The minimum atomic E-state index is -0.245. The van der Waals surface area contributed by atoms with Crippen LogP contribution < -0.4 is 5.32 Å². The van der Waals surface area contributed by atoms with Crippen LogP contribution in [0.1, 0.15) is 12.5 Å². The number of hydrogen-bond acceptors (Lipinski definition) is 3. The first-order valence-electron chi connectivity index (χ1n) is 4.27. The number of esters is 1. The summed E-state index contributed by atoms with van der Waals surface area (Å²) in [6, 6.07) is 7.96. The number of fused-ring (bicyclic) bond motifs is 1. The summed E-state index contributed by atoms with van der Waals surface area (Å²) in [6.45, 7) is 1.42. The number of nitrogens with one attached hydrogen (secondary N) is 1. The molecule has 3 nitrogen and oxygen atoms in total. The first-order chi connectivity index (χ1) is 6.25. The standard InChI is InChI=1S/C10H11NO2/c1-7(12)13-10-6-8-4-2-3-5-9(8)11-10/h2-5,10-11H,6H2,1H3. The molecule has 1 aromatic carbocycles. The molecule has 68 valence electrons. The zero-order valence-electron chi connectivity index (χ0n) is 7.41. The van der Waals surface area contributed by atoms with Crippen molar-refractivity contribution in [2.24, 2.45) is 0 Å². The van der Waals surface area contributed by atoms with Crippen LogP contribution in [0.5, 0.6) is 0 Å². The van der Waals surface area contributed by atoms with Gasteiger partial charge in [0.15, 0.2) is 6.23 Å². The number of para-hydroxylation sites is 1. The molecular formula is C10H11NO2. The first-order valence-corrected chi connectivity index (χ1v) is 4.27. The summed E-state index contributed by atoms with van der Waals surface area (Å²) in [5.74, 6) is -0.245. The number of rotatable bonds is 1. The van der Waals surface area contributed by atoms with Gasteiger partial charge >= 0.3 is 5.97 Å². The molecule has 0 aromatic heterocycles. The minimum Gasteiger partial charge on any atom is -0.442 e. The monoisotopic (exact) mass is 177 g/mol. The number of ether oxygens (including phenoxy) is 1. The van der Waals surface area contributed by atoms with Gasteiger partial charge in [-0.05, 0) is 11.6 Å². The quantitative estimate of drug-likeness (QED) is 0.661. The summed E-state index contributed by atoms with van der Waals surface area (Å²) >= 11 is 0. The second-order valence-electron chi connectivity index (χ2n) is 3.10. The summed E-state index contributed by atoms with van der Waals surface area (Å²) in [7, 11) is 0. The molecule has 1 aliphatic rings. The molecule has 1 heterocycles. The van der Waals surface area contributed by atoms with Crippen molar-refractivity contribution in [2.75, 3.05) is 5.32 Å². The van der Waals surface area contributed by atoms with Crippen molar-refractivity contribution in [3.05, 3.63) is 29.8 Å². The van der Waals surface area contributed by atoms with Crippen molar-refractivity contribution >= 4 is 11.7 Å². The van der Waals surface area contributed by atoms with Gasteiger partial charge in [-0.2, -0.15) is 0 Å². The normalized spacial score (nSPS) is 19.0. The van der Waals surface area contributed by atoms with E-state index in [4.69, 9.17) is 4.74 Å². The first kappa shape index (κ1) is 8.10. The van der Waals surface area contributed by atoms with Gasteiger partial charge in [0.05, 0.1) is 0 Å². The zero-order chi connectivity index (χ0) is 9.26. The van der Waals surface area contributed by atoms with E-state index < -0.39 is 0 Å². The summed E-state index contributed by atoms with van der Waals surface area (Å²) in [4.78, 5) is 10.7. The molecule has 1 unspecified atom stereocenters. The maximum atomic E-state index is 10.7. The van der Waals surface area contributed by atoms with Crippen LogP contribution in [0.15, 0.2) is 24.3 Å². The third-order valence-electron chi connectivity index (χ3n) is 2.05. The summed E-state index contributed by atoms with van der Waals surface area (Å²) < 4.78 is 5.04. The van der Waals surface area contributed by atoms with Gasteiger partial charge in [0.1, 0.15) is 0 Å². The van der Waals surface area contributed by atoms with E-state index in [1.807, 2.05) is 24.3 Å². The molecule has 1 aromatic rings. The SMILES string of the molecule is CC(=O)OC1Cc2ccccc2N1. The molecule has 1 N–H and O–H groups in total. The summed E-state index contributed by atoms with van der Waals surface area (Å²) in [5, 5.41) is 3.12. The van der Waals surface area contributed by atoms with Gasteiger partial charge in [0.2, 0.25) is 0 Å². The van der Waals surface area contributed by atoms with Crippen molar-refractivity contribution in [3.8, 4) is 0 Å². The average Bonchev–Trinajstić information content (AvgIpc) is 2.44. The van der Waals surface area contributed by atoms with Gasteiger partial charge in [0, 0.05) is 19.0 Å². The Labute approximate surface area is 76.7 Å². The van der Waals surface area contributed by atoms with Crippen molar-refractivity contribution < 1.29 is 9.53 Å². The van der Waals surface area contributed by atoms with Crippen LogP contribution in [-0.4, -0.2) is 12.2 Å². The Morgan fingerprint density at radius 3 is 3.00 bits per heavy atom. The average molecular weight is 177 g/mol. The van der Waals surface area contributed by atoms with Crippen LogP contribution in [0.4, 0.5) is 5.69 Å². The molecular weight excluding hydrogens is 166 g/mol. The molecule has 1 atom stereocenters. The highest BCUT2D eigenvalue weighted by Crippen LogP contribution is 2.25. The van der Waals surface area contributed by atoms with Crippen LogP contribution in [0, 0.1) is 0 Å². The number of carbonyl (C=O) groups is 1. The minimum absolute atomic E-state index is 0.185. The second-order valence-corrected chi connectivity index (χ2v) is 3.10. The van der Waals surface area contributed by atoms with Crippen molar-refractivity contribution in [1.29, 1.82) is 0 Å². The molecule has 0 bridgehead atoms. The Balaban J connectivity index is 2.09. The number of carbonyl (C=O) groups excluding carboxylic acids is 1. The molecule has 0 radical (unpaired) electrons. The number of benzene rings is 1. The van der Waals surface area contributed by atoms with Crippen LogP contribution in [0.2, 0.25) is 0 Å². The molecule has 0 fully saturated rings. The van der Waals surface area contributed by atoms with E-state index in [-0.39, 0.29) is 12.2 Å². The lowest BCUT2D eigenvalue weighted by Gasteiger charge is -2.10. The fourth-order valence-corrected chi connectivity index (χ4v) is 1.53. The third-order valence-corrected chi connectivity index (χ3v) is 2.05. The van der Waals surface area contributed by atoms with Crippen molar-refractivity contribution in [2.45, 2.75) is 19.6 Å². The van der Waals surface area contributed by atoms with E-state index in [0.717, 1.165) is 12.1 Å². The second kappa shape index (κ2) is 3.09. The van der Waals surface area contributed by atoms with Crippen LogP contribution in [0.3, 0.4) is 0 Å². The molecule has 0 spiro atoms. The van der Waals surface area contributed by atoms with Gasteiger partial charge in [0.25, 0.3) is 0 Å². The fraction of sp³-hybridized carbons (Fsp3) is 0.300. The Kier molecular flexibility index (Phi) is 1.93. The van der Waals surface area contributed by atoms with Gasteiger partial charge < -0.3 is 10.1 Å². The third kappa shape index (κ3) is 1.64. The molecule has 0 aliphatic carbocycles. The molecule has 3 heteroatoms. The summed E-state index contributed by atoms with van der Waals surface area (Å²) in [6.07, 6.45) is 0.574. The largest absolute Gasteiger partial charge is 0.442 e. The van der Waals surface area contributed by atoms with E-state index in [1.165, 1.54) is 12.5 Å². The smallest absolute Gasteiger partial charge is 0.304 e. The summed E-state index contributed by atoms with van der Waals surface area (Å²) in [5.41, 5.74) is 2.27. The van der Waals surface area contributed by atoms with Gasteiger partial charge in [-0.15, -0.1) is 0 Å². The fourth-order valence-electron chi connectivity index (χ4n) is 1.53. The highest BCUT2D eigenvalue weighted by atomic mass is 16.6. The maximum absolute atomic E-state index is 10.7. The molecule has 0 saturated carbocycles. The Morgan fingerprint density at radius 2 is 2.31 bits per heavy atom. The molecule has 0 amide bonds. The van der Waals surface area contributed by atoms with Gasteiger partial charge in [-0.25, -0.2) is 0 Å². The van der Waals surface area contributed by atoms with E-state index in [0.29, 0.717) is 0 Å². The predicted molar refractivity (Wildman–Crippen MR) is 49.3 cm³/mol. The van der Waals surface area contributed by atoms with E-state index in [2.05, 4.69) is 5.32 Å². The topological polar surface area (TPSA) is 38.3 Å². The zero-order valence-corrected chi connectivity index (χ0v) is 7.41. The van der Waals surface area contributed by atoms with Gasteiger partial charge in [-0.3, -0.25) is 4.79 Å². The Hall–Kier alpha value is -1.51. The van der Waals surface area contributed by atoms with Crippen LogP contribution >= 0.6 is 0 Å². The number of hydrogen-bond donors (Lipinski definition) is 1. The van der Waals surface area contributed by atoms with E-state index in [1.54, 1.807) is 0 Å². The molecule has 0 saturated heterocycles. The lowest BCUT2D eigenvalue weighted by Crippen LogP contribution is -2.22. The lowest BCUT2D eigenvalue weighted by molar-refractivity contribution is -0.144. The van der Waals surface area contributed by atoms with Crippen molar-refractivity contribution in [3.63, 3.8) is 0 Å². The number of anilines is 1. The van der Waals surface area contributed by atoms with E-state index in [9.17, 15) is 4.79 Å². The van der Waals surface area contributed by atoms with Crippen LogP contribution in [-0.2, 0) is 16.0 Å².